The van der Waals surface area contributed by atoms with Crippen molar-refractivity contribution >= 4 is 43.4 Å². The van der Waals surface area contributed by atoms with Gasteiger partial charge in [0.15, 0.2) is 5.43 Å². The predicted molar refractivity (Wildman–Crippen MR) is 115 cm³/mol. The highest BCUT2D eigenvalue weighted by molar-refractivity contribution is 7.24. The fourth-order valence-electron chi connectivity index (χ4n) is 2.86. The second kappa shape index (κ2) is 9.45. The highest BCUT2D eigenvalue weighted by Crippen LogP contribution is 2.26. The first-order chi connectivity index (χ1) is 14.0. The molecule has 0 aliphatic heterocycles. The van der Waals surface area contributed by atoms with Crippen LogP contribution >= 0.6 is 11.3 Å². The summed E-state index contributed by atoms with van der Waals surface area (Å²) in [5.41, 5.74) is 0.111. The maximum Gasteiger partial charge on any atom is 0.338 e. The van der Waals surface area contributed by atoms with Crippen LogP contribution in [0.1, 0.15) is 10.4 Å². The third-order valence-electron chi connectivity index (χ3n) is 4.41. The van der Waals surface area contributed by atoms with Crippen molar-refractivity contribution in [3.63, 3.8) is 0 Å². The molecule has 0 saturated heterocycles. The van der Waals surface area contributed by atoms with Crippen molar-refractivity contribution < 1.29 is 19.1 Å². The van der Waals surface area contributed by atoms with Crippen molar-refractivity contribution in [2.24, 2.45) is 0 Å². The summed E-state index contributed by atoms with van der Waals surface area (Å²) in [5.74, 6) is -0.996. The Morgan fingerprint density at radius 1 is 1.03 bits per heavy atom. The summed E-state index contributed by atoms with van der Waals surface area (Å²) in [6.45, 7) is 4.70. The SMILES string of the molecule is C=CC(=O)OCCN(C)CCOC(=O)c1cccc2sc3ccccc3c(=O)c12. The van der Waals surface area contributed by atoms with Crippen LogP contribution in [0.2, 0.25) is 0 Å². The number of carbonyl (C=O) groups excluding carboxylic acids is 2. The lowest BCUT2D eigenvalue weighted by atomic mass is 10.1. The van der Waals surface area contributed by atoms with Crippen LogP contribution in [0, 0.1) is 0 Å². The zero-order valence-electron chi connectivity index (χ0n) is 16.1. The second-order valence-corrected chi connectivity index (χ2v) is 7.50. The molecule has 0 saturated carbocycles. The van der Waals surface area contributed by atoms with E-state index in [0.29, 0.717) is 23.9 Å². The number of benzene rings is 2. The van der Waals surface area contributed by atoms with Gasteiger partial charge in [-0.15, -0.1) is 11.3 Å². The summed E-state index contributed by atoms with van der Waals surface area (Å²) >= 11 is 1.47. The maximum absolute atomic E-state index is 12.9. The van der Waals surface area contributed by atoms with Gasteiger partial charge in [-0.25, -0.2) is 9.59 Å². The topological polar surface area (TPSA) is 72.9 Å². The molecule has 150 valence electrons. The zero-order chi connectivity index (χ0) is 20.8. The first-order valence-electron chi connectivity index (χ1n) is 9.10. The molecular weight excluding hydrogens is 390 g/mol. The molecule has 3 rings (SSSR count). The van der Waals surface area contributed by atoms with Gasteiger partial charge in [-0.3, -0.25) is 9.69 Å². The van der Waals surface area contributed by atoms with E-state index in [4.69, 9.17) is 9.47 Å². The van der Waals surface area contributed by atoms with Crippen LogP contribution < -0.4 is 5.43 Å². The quantitative estimate of drug-likeness (QED) is 0.322. The number of rotatable bonds is 8. The Balaban J connectivity index is 1.68. The van der Waals surface area contributed by atoms with E-state index in [0.717, 1.165) is 15.5 Å². The second-order valence-electron chi connectivity index (χ2n) is 6.42. The van der Waals surface area contributed by atoms with E-state index in [2.05, 4.69) is 6.58 Å². The lowest BCUT2D eigenvalue weighted by Crippen LogP contribution is -2.28. The molecule has 0 aliphatic rings. The van der Waals surface area contributed by atoms with Crippen LogP contribution in [-0.2, 0) is 14.3 Å². The van der Waals surface area contributed by atoms with Gasteiger partial charge in [0, 0.05) is 34.0 Å². The molecule has 0 fully saturated rings. The lowest BCUT2D eigenvalue weighted by molar-refractivity contribution is -0.138. The van der Waals surface area contributed by atoms with E-state index in [9.17, 15) is 14.4 Å². The van der Waals surface area contributed by atoms with Gasteiger partial charge in [-0.05, 0) is 31.3 Å². The molecule has 0 unspecified atom stereocenters. The Morgan fingerprint density at radius 2 is 1.72 bits per heavy atom. The fourth-order valence-corrected chi connectivity index (χ4v) is 3.97. The van der Waals surface area contributed by atoms with Gasteiger partial charge < -0.3 is 9.47 Å². The van der Waals surface area contributed by atoms with Crippen molar-refractivity contribution in [1.82, 2.24) is 4.90 Å². The molecule has 1 aromatic heterocycles. The Labute approximate surface area is 172 Å². The zero-order valence-corrected chi connectivity index (χ0v) is 16.9. The average Bonchev–Trinajstić information content (AvgIpc) is 2.73. The van der Waals surface area contributed by atoms with E-state index >= 15 is 0 Å². The van der Waals surface area contributed by atoms with Gasteiger partial charge in [0.05, 0.1) is 10.9 Å². The fraction of sp³-hybridized carbons (Fsp3) is 0.227. The van der Waals surface area contributed by atoms with Crippen molar-refractivity contribution in [3.8, 4) is 0 Å². The number of nitrogens with zero attached hydrogens (tertiary/aromatic N) is 1. The molecule has 3 aromatic rings. The molecule has 0 radical (unpaired) electrons. The molecule has 0 amide bonds. The number of fused-ring (bicyclic) bond motifs is 2. The Kier molecular flexibility index (Phi) is 6.74. The third kappa shape index (κ3) is 4.88. The van der Waals surface area contributed by atoms with Gasteiger partial charge >= 0.3 is 11.9 Å². The molecule has 1 heterocycles. The molecule has 6 nitrogen and oxygen atoms in total. The Bertz CT molecular complexity index is 1120. The molecule has 2 aromatic carbocycles. The first kappa shape index (κ1) is 20.7. The van der Waals surface area contributed by atoms with Gasteiger partial charge in [0.1, 0.15) is 13.2 Å². The number of hydrogen-bond donors (Lipinski definition) is 0. The minimum atomic E-state index is -0.526. The largest absolute Gasteiger partial charge is 0.461 e. The monoisotopic (exact) mass is 411 g/mol. The molecule has 0 N–H and O–H groups in total. The molecule has 0 bridgehead atoms. The van der Waals surface area contributed by atoms with E-state index in [1.54, 1.807) is 18.2 Å². The van der Waals surface area contributed by atoms with Crippen LogP contribution in [0.25, 0.3) is 20.2 Å². The Hall–Kier alpha value is -3.03. The molecule has 0 spiro atoms. The maximum atomic E-state index is 12.9. The molecular formula is C22H21NO5S. The highest BCUT2D eigenvalue weighted by Gasteiger charge is 2.16. The highest BCUT2D eigenvalue weighted by atomic mass is 32.1. The number of carbonyl (C=O) groups is 2. The summed E-state index contributed by atoms with van der Waals surface area (Å²) in [7, 11) is 1.83. The standard InChI is InChI=1S/C22H21NO5S/c1-3-19(24)27-13-11-23(2)12-14-28-22(26)16-8-6-10-18-20(16)21(25)15-7-4-5-9-17(15)29-18/h3-10H,1,11-14H2,2H3. The summed E-state index contributed by atoms with van der Waals surface area (Å²) in [6.07, 6.45) is 1.11. The van der Waals surface area contributed by atoms with Crippen LogP contribution in [-0.4, -0.2) is 50.2 Å². The lowest BCUT2D eigenvalue weighted by Gasteiger charge is -2.16. The van der Waals surface area contributed by atoms with Gasteiger partial charge in [0.2, 0.25) is 0 Å². The summed E-state index contributed by atoms with van der Waals surface area (Å²) in [6, 6.07) is 12.6. The van der Waals surface area contributed by atoms with Gasteiger partial charge in [-0.1, -0.05) is 24.8 Å². The summed E-state index contributed by atoms with van der Waals surface area (Å²) in [5, 5.41) is 0.991. The molecule has 29 heavy (non-hydrogen) atoms. The minimum Gasteiger partial charge on any atom is -0.461 e. The molecule has 7 heteroatoms. The number of likely N-dealkylation sites (N-methyl/N-ethyl adjacent to an activating group) is 1. The van der Waals surface area contributed by atoms with E-state index in [1.165, 1.54) is 11.3 Å². The average molecular weight is 411 g/mol. The third-order valence-corrected chi connectivity index (χ3v) is 5.55. The van der Waals surface area contributed by atoms with Gasteiger partial charge in [0.25, 0.3) is 0 Å². The normalized spacial score (nSPS) is 11.0. The van der Waals surface area contributed by atoms with Crippen LogP contribution in [0.3, 0.4) is 0 Å². The number of ether oxygens (including phenoxy) is 2. The smallest absolute Gasteiger partial charge is 0.338 e. The van der Waals surface area contributed by atoms with Crippen LogP contribution in [0.5, 0.6) is 0 Å². The van der Waals surface area contributed by atoms with Crippen LogP contribution in [0.15, 0.2) is 59.9 Å². The summed E-state index contributed by atoms with van der Waals surface area (Å²) < 4.78 is 11.9. The van der Waals surface area contributed by atoms with Gasteiger partial charge in [-0.2, -0.15) is 0 Å². The van der Waals surface area contributed by atoms with E-state index in [1.807, 2.05) is 36.2 Å². The molecule has 0 aliphatic carbocycles. The summed E-state index contributed by atoms with van der Waals surface area (Å²) in [4.78, 5) is 38.4. The predicted octanol–water partition coefficient (Wildman–Crippen LogP) is 3.23. The number of hydrogen-bond acceptors (Lipinski definition) is 7. The van der Waals surface area contributed by atoms with Crippen molar-refractivity contribution in [3.05, 3.63) is 70.9 Å². The van der Waals surface area contributed by atoms with E-state index in [-0.39, 0.29) is 24.2 Å². The molecule has 0 atom stereocenters. The van der Waals surface area contributed by atoms with Crippen molar-refractivity contribution in [2.75, 3.05) is 33.4 Å². The number of esters is 2. The van der Waals surface area contributed by atoms with E-state index < -0.39 is 11.9 Å². The van der Waals surface area contributed by atoms with Crippen LogP contribution in [0.4, 0.5) is 0 Å². The van der Waals surface area contributed by atoms with Crippen molar-refractivity contribution in [2.45, 2.75) is 0 Å². The van der Waals surface area contributed by atoms with Crippen molar-refractivity contribution in [1.29, 1.82) is 0 Å². The Morgan fingerprint density at radius 3 is 2.48 bits per heavy atom. The first-order valence-corrected chi connectivity index (χ1v) is 9.92. The minimum absolute atomic E-state index is 0.159.